The predicted octanol–water partition coefficient (Wildman–Crippen LogP) is 2.68. The number of hydrogen-bond acceptors (Lipinski definition) is 5. The summed E-state index contributed by atoms with van der Waals surface area (Å²) in [4.78, 5) is 49.5. The highest BCUT2D eigenvalue weighted by Crippen LogP contribution is 2.62. The number of benzene rings is 1. The molecule has 2 atom stereocenters. The lowest BCUT2D eigenvalue weighted by atomic mass is 9.47. The van der Waals surface area contributed by atoms with Crippen molar-refractivity contribution in [2.75, 3.05) is 18.5 Å². The van der Waals surface area contributed by atoms with Crippen LogP contribution in [-0.4, -0.2) is 42.4 Å². The highest BCUT2D eigenvalue weighted by Gasteiger charge is 2.61. The molecule has 4 aliphatic rings. The zero-order valence-corrected chi connectivity index (χ0v) is 20.5. The van der Waals surface area contributed by atoms with Crippen LogP contribution >= 0.6 is 0 Å². The molecule has 0 heterocycles. The Labute approximate surface area is 200 Å². The topological polar surface area (TPSA) is 114 Å². The molecule has 0 spiro atoms. The molecule has 3 amide bonds. The zero-order chi connectivity index (χ0) is 24.7. The molecule has 0 saturated heterocycles. The van der Waals surface area contributed by atoms with Gasteiger partial charge in [0, 0.05) is 18.2 Å². The van der Waals surface area contributed by atoms with Crippen LogP contribution in [0.5, 0.6) is 0 Å². The molecule has 8 nitrogen and oxygen atoms in total. The van der Waals surface area contributed by atoms with Gasteiger partial charge in [0.15, 0.2) is 6.61 Å². The molecule has 2 unspecified atom stereocenters. The van der Waals surface area contributed by atoms with Crippen LogP contribution in [0.4, 0.5) is 5.69 Å². The number of anilines is 1. The van der Waals surface area contributed by atoms with Crippen LogP contribution in [0.25, 0.3) is 0 Å². The first-order valence-electron chi connectivity index (χ1n) is 12.1. The van der Waals surface area contributed by atoms with Crippen LogP contribution in [0.2, 0.25) is 0 Å². The van der Waals surface area contributed by atoms with Gasteiger partial charge in [0.25, 0.3) is 5.91 Å². The molecule has 8 heteroatoms. The predicted molar refractivity (Wildman–Crippen MR) is 127 cm³/mol. The molecule has 34 heavy (non-hydrogen) atoms. The van der Waals surface area contributed by atoms with Crippen molar-refractivity contribution in [3.05, 3.63) is 28.8 Å². The maximum Gasteiger partial charge on any atom is 0.312 e. The van der Waals surface area contributed by atoms with Crippen molar-refractivity contribution in [3.8, 4) is 0 Å². The van der Waals surface area contributed by atoms with Crippen LogP contribution in [-0.2, 0) is 23.9 Å². The van der Waals surface area contributed by atoms with Crippen molar-refractivity contribution in [3.63, 3.8) is 0 Å². The molecule has 5 rings (SSSR count). The highest BCUT2D eigenvalue weighted by molar-refractivity contribution is 5.96. The molecule has 0 aliphatic heterocycles. The molecule has 184 valence electrons. The molecule has 4 bridgehead atoms. The van der Waals surface area contributed by atoms with E-state index >= 15 is 0 Å². The number of hydrogen-bond donors (Lipinski definition) is 3. The Morgan fingerprint density at radius 3 is 2.18 bits per heavy atom. The minimum Gasteiger partial charge on any atom is -0.455 e. The number of rotatable bonds is 7. The van der Waals surface area contributed by atoms with E-state index in [1.54, 1.807) is 0 Å². The number of esters is 1. The van der Waals surface area contributed by atoms with E-state index in [-0.39, 0.29) is 29.9 Å². The maximum absolute atomic E-state index is 13.1. The van der Waals surface area contributed by atoms with Gasteiger partial charge in [-0.15, -0.1) is 0 Å². The van der Waals surface area contributed by atoms with Gasteiger partial charge in [-0.2, -0.15) is 0 Å². The fourth-order valence-corrected chi connectivity index (χ4v) is 7.10. The number of ether oxygens (including phenoxy) is 1. The van der Waals surface area contributed by atoms with Gasteiger partial charge in [0.2, 0.25) is 11.8 Å². The second kappa shape index (κ2) is 9.04. The molecule has 4 saturated carbocycles. The normalized spacial score (nSPS) is 28.8. The van der Waals surface area contributed by atoms with Crippen molar-refractivity contribution in [1.29, 1.82) is 0 Å². The third-order valence-electron chi connectivity index (χ3n) is 7.66. The lowest BCUT2D eigenvalue weighted by Gasteiger charge is -2.60. The van der Waals surface area contributed by atoms with Crippen LogP contribution < -0.4 is 16.0 Å². The van der Waals surface area contributed by atoms with Crippen LogP contribution in [0.15, 0.2) is 12.1 Å². The first kappa shape index (κ1) is 24.2. The molecular formula is C26H35N3O5. The number of nitrogens with one attached hydrogen (secondary N) is 3. The van der Waals surface area contributed by atoms with E-state index in [1.807, 2.05) is 32.9 Å². The standard InChI is InChI=1S/C26H35N3O5/c1-15-5-16(2)23(17(3)6-15)28-21(31)12-27-22(32)13-34-24(33)25-8-19-7-20(9-25)11-26(10-19,14-25)29-18(4)30/h5-6,19-20H,7-14H2,1-4H3,(H,27,32)(H,28,31)(H,29,30). The van der Waals surface area contributed by atoms with E-state index in [9.17, 15) is 19.2 Å². The Hall–Kier alpha value is -2.90. The third-order valence-corrected chi connectivity index (χ3v) is 7.66. The summed E-state index contributed by atoms with van der Waals surface area (Å²) in [5, 5.41) is 8.49. The Balaban J connectivity index is 1.28. The average Bonchev–Trinajstić information content (AvgIpc) is 2.71. The van der Waals surface area contributed by atoms with Gasteiger partial charge in [0.05, 0.1) is 12.0 Å². The quantitative estimate of drug-likeness (QED) is 0.532. The van der Waals surface area contributed by atoms with Crippen molar-refractivity contribution in [1.82, 2.24) is 10.6 Å². The summed E-state index contributed by atoms with van der Waals surface area (Å²) in [5.74, 6) is -0.491. The molecule has 4 fully saturated rings. The summed E-state index contributed by atoms with van der Waals surface area (Å²) < 4.78 is 5.45. The number of carbonyl (C=O) groups is 4. The van der Waals surface area contributed by atoms with Gasteiger partial charge in [-0.3, -0.25) is 19.2 Å². The SMILES string of the molecule is CC(=O)NC12CC3CC(C1)CC(C(=O)OCC(=O)NCC(=O)Nc1c(C)cc(C)cc1C)(C3)C2. The lowest BCUT2D eigenvalue weighted by Crippen LogP contribution is -2.64. The molecule has 1 aromatic carbocycles. The monoisotopic (exact) mass is 469 g/mol. The largest absolute Gasteiger partial charge is 0.455 e. The first-order valence-corrected chi connectivity index (χ1v) is 12.1. The summed E-state index contributed by atoms with van der Waals surface area (Å²) in [5.41, 5.74) is 2.81. The number of carbonyl (C=O) groups excluding carboxylic acids is 4. The van der Waals surface area contributed by atoms with Gasteiger partial charge < -0.3 is 20.7 Å². The fraction of sp³-hybridized carbons (Fsp3) is 0.615. The van der Waals surface area contributed by atoms with Gasteiger partial charge in [-0.25, -0.2) is 0 Å². The fourth-order valence-electron chi connectivity index (χ4n) is 7.10. The van der Waals surface area contributed by atoms with Crippen LogP contribution in [0, 0.1) is 38.0 Å². The van der Waals surface area contributed by atoms with Crippen LogP contribution in [0.3, 0.4) is 0 Å². The van der Waals surface area contributed by atoms with E-state index in [0.29, 0.717) is 18.3 Å². The highest BCUT2D eigenvalue weighted by atomic mass is 16.5. The summed E-state index contributed by atoms with van der Waals surface area (Å²) in [7, 11) is 0. The number of amides is 3. The van der Waals surface area contributed by atoms with Crippen molar-refractivity contribution in [2.24, 2.45) is 17.3 Å². The molecule has 1 aromatic rings. The Kier molecular flexibility index (Phi) is 6.44. The minimum absolute atomic E-state index is 0.0702. The van der Waals surface area contributed by atoms with Gasteiger partial charge in [0.1, 0.15) is 0 Å². The Morgan fingerprint density at radius 1 is 0.971 bits per heavy atom. The smallest absolute Gasteiger partial charge is 0.312 e. The third kappa shape index (κ3) is 4.95. The molecule has 0 aromatic heterocycles. The van der Waals surface area contributed by atoms with E-state index < -0.39 is 17.9 Å². The molecular weight excluding hydrogens is 434 g/mol. The van der Waals surface area contributed by atoms with Crippen molar-refractivity contribution in [2.45, 2.75) is 71.8 Å². The lowest BCUT2D eigenvalue weighted by molar-refractivity contribution is -0.177. The zero-order valence-electron chi connectivity index (χ0n) is 20.5. The minimum atomic E-state index is -0.634. The second-order valence-electron chi connectivity index (χ2n) is 10.9. The summed E-state index contributed by atoms with van der Waals surface area (Å²) in [6.45, 7) is 6.74. The van der Waals surface area contributed by atoms with E-state index in [2.05, 4.69) is 16.0 Å². The Bertz CT molecular complexity index is 996. The molecule has 0 radical (unpaired) electrons. The molecule has 3 N–H and O–H groups in total. The van der Waals surface area contributed by atoms with Crippen molar-refractivity contribution >= 4 is 29.4 Å². The van der Waals surface area contributed by atoms with E-state index in [4.69, 9.17) is 4.74 Å². The Morgan fingerprint density at radius 2 is 1.59 bits per heavy atom. The summed E-state index contributed by atoms with van der Waals surface area (Å²) >= 11 is 0. The van der Waals surface area contributed by atoms with Crippen LogP contribution in [0.1, 0.15) is 62.1 Å². The van der Waals surface area contributed by atoms with E-state index in [1.165, 1.54) is 6.92 Å². The second-order valence-corrected chi connectivity index (χ2v) is 10.9. The van der Waals surface area contributed by atoms with Gasteiger partial charge in [-0.05, 0) is 82.3 Å². The van der Waals surface area contributed by atoms with Gasteiger partial charge in [-0.1, -0.05) is 17.7 Å². The van der Waals surface area contributed by atoms with Gasteiger partial charge >= 0.3 is 5.97 Å². The first-order chi connectivity index (χ1) is 16.0. The molecule has 4 aliphatic carbocycles. The average molecular weight is 470 g/mol. The summed E-state index contributed by atoms with van der Waals surface area (Å²) in [6.07, 6.45) is 4.99. The van der Waals surface area contributed by atoms with E-state index in [0.717, 1.165) is 54.5 Å². The van der Waals surface area contributed by atoms with Crippen molar-refractivity contribution < 1.29 is 23.9 Å². The maximum atomic E-state index is 13.1. The summed E-state index contributed by atoms with van der Waals surface area (Å²) in [6, 6.07) is 3.97. The number of aryl methyl sites for hydroxylation is 3.